The highest BCUT2D eigenvalue weighted by Crippen LogP contribution is 2.05. The van der Waals surface area contributed by atoms with E-state index in [4.69, 9.17) is 5.11 Å². The van der Waals surface area contributed by atoms with Crippen molar-refractivity contribution in [1.82, 2.24) is 5.32 Å². The molecule has 0 saturated carbocycles. The number of Topliss-reactive ketones (excluding diaryl/α,β-unsaturated/α-hetero) is 1. The van der Waals surface area contributed by atoms with Gasteiger partial charge in [-0.05, 0) is 25.7 Å². The standard InChI is InChI=1S/C12H21NO4/c1-8(2)4-7-11(15)13-10(12(16)17)6-5-9(3)14/h8,10H,4-7H2,1-3H3,(H,13,15)(H,16,17). The van der Waals surface area contributed by atoms with Gasteiger partial charge in [-0.1, -0.05) is 13.8 Å². The average Bonchev–Trinajstić information content (AvgIpc) is 2.20. The van der Waals surface area contributed by atoms with Crippen LogP contribution >= 0.6 is 0 Å². The molecule has 0 aromatic carbocycles. The summed E-state index contributed by atoms with van der Waals surface area (Å²) in [4.78, 5) is 33.1. The molecule has 1 unspecified atom stereocenters. The second kappa shape index (κ2) is 7.81. The van der Waals surface area contributed by atoms with Crippen LogP contribution in [0.1, 0.15) is 46.5 Å². The second-order valence-corrected chi connectivity index (χ2v) is 4.63. The van der Waals surface area contributed by atoms with Gasteiger partial charge in [0.25, 0.3) is 0 Å². The maximum absolute atomic E-state index is 11.4. The molecule has 0 saturated heterocycles. The molecule has 0 bridgehead atoms. The third kappa shape index (κ3) is 8.42. The van der Waals surface area contributed by atoms with Gasteiger partial charge in [-0.25, -0.2) is 4.79 Å². The van der Waals surface area contributed by atoms with Crippen molar-refractivity contribution in [3.05, 3.63) is 0 Å². The predicted molar refractivity (Wildman–Crippen MR) is 63.6 cm³/mol. The number of hydrogen-bond acceptors (Lipinski definition) is 3. The molecule has 2 N–H and O–H groups in total. The van der Waals surface area contributed by atoms with Crippen molar-refractivity contribution in [2.24, 2.45) is 5.92 Å². The normalized spacial score (nSPS) is 12.2. The topological polar surface area (TPSA) is 83.5 Å². The SMILES string of the molecule is CC(=O)CCC(NC(=O)CCC(C)C)C(=O)O. The summed E-state index contributed by atoms with van der Waals surface area (Å²) in [5.74, 6) is -1.03. The summed E-state index contributed by atoms with van der Waals surface area (Å²) in [7, 11) is 0. The molecular weight excluding hydrogens is 222 g/mol. The van der Waals surface area contributed by atoms with Crippen LogP contribution in [0.15, 0.2) is 0 Å². The molecule has 0 aliphatic carbocycles. The Bertz CT molecular complexity index is 286. The Balaban J connectivity index is 4.11. The van der Waals surface area contributed by atoms with E-state index in [0.717, 1.165) is 6.42 Å². The molecule has 0 spiro atoms. The Hall–Kier alpha value is -1.39. The highest BCUT2D eigenvalue weighted by atomic mass is 16.4. The van der Waals surface area contributed by atoms with Crippen LogP contribution < -0.4 is 5.32 Å². The van der Waals surface area contributed by atoms with Crippen LogP contribution in [0.4, 0.5) is 0 Å². The largest absolute Gasteiger partial charge is 0.480 e. The fourth-order valence-electron chi connectivity index (χ4n) is 1.29. The van der Waals surface area contributed by atoms with Crippen molar-refractivity contribution in [2.45, 2.75) is 52.5 Å². The molecule has 98 valence electrons. The summed E-state index contributed by atoms with van der Waals surface area (Å²) in [5, 5.41) is 11.3. The lowest BCUT2D eigenvalue weighted by molar-refractivity contribution is -0.142. The van der Waals surface area contributed by atoms with Gasteiger partial charge in [-0.3, -0.25) is 4.79 Å². The van der Waals surface area contributed by atoms with Gasteiger partial charge in [0.1, 0.15) is 11.8 Å². The molecule has 1 amide bonds. The van der Waals surface area contributed by atoms with Crippen LogP contribution in [0.2, 0.25) is 0 Å². The Morgan fingerprint density at radius 3 is 2.12 bits per heavy atom. The van der Waals surface area contributed by atoms with Gasteiger partial charge < -0.3 is 15.2 Å². The molecule has 0 radical (unpaired) electrons. The second-order valence-electron chi connectivity index (χ2n) is 4.63. The Morgan fingerprint density at radius 1 is 1.12 bits per heavy atom. The van der Waals surface area contributed by atoms with Crippen LogP contribution in [-0.4, -0.2) is 28.8 Å². The summed E-state index contributed by atoms with van der Waals surface area (Å²) in [6.45, 7) is 5.40. The first kappa shape index (κ1) is 15.6. The molecule has 0 heterocycles. The summed E-state index contributed by atoms with van der Waals surface area (Å²) in [6.07, 6.45) is 1.37. The monoisotopic (exact) mass is 243 g/mol. The number of ketones is 1. The smallest absolute Gasteiger partial charge is 0.326 e. The maximum Gasteiger partial charge on any atom is 0.326 e. The number of aliphatic carboxylic acids is 1. The number of hydrogen-bond donors (Lipinski definition) is 2. The molecule has 0 rings (SSSR count). The summed E-state index contributed by atoms with van der Waals surface area (Å²) in [5.41, 5.74) is 0. The lowest BCUT2D eigenvalue weighted by atomic mass is 10.1. The van der Waals surface area contributed by atoms with Crippen LogP contribution in [0.3, 0.4) is 0 Å². The first-order chi connectivity index (χ1) is 7.82. The quantitative estimate of drug-likeness (QED) is 0.674. The van der Waals surface area contributed by atoms with Crippen LogP contribution in [0.25, 0.3) is 0 Å². The molecule has 0 aromatic heterocycles. The molecule has 5 nitrogen and oxygen atoms in total. The van der Waals surface area contributed by atoms with Crippen molar-refractivity contribution in [2.75, 3.05) is 0 Å². The Labute approximate surface area is 102 Å². The van der Waals surface area contributed by atoms with Crippen molar-refractivity contribution in [3.8, 4) is 0 Å². The van der Waals surface area contributed by atoms with E-state index in [0.29, 0.717) is 12.3 Å². The Morgan fingerprint density at radius 2 is 1.71 bits per heavy atom. The molecule has 0 aliphatic rings. The van der Waals surface area contributed by atoms with E-state index < -0.39 is 12.0 Å². The van der Waals surface area contributed by atoms with Gasteiger partial charge in [0.2, 0.25) is 5.91 Å². The van der Waals surface area contributed by atoms with Crippen molar-refractivity contribution in [1.29, 1.82) is 0 Å². The van der Waals surface area contributed by atoms with Gasteiger partial charge >= 0.3 is 5.97 Å². The third-order valence-corrected chi connectivity index (χ3v) is 2.37. The van der Waals surface area contributed by atoms with Gasteiger partial charge in [0, 0.05) is 12.8 Å². The minimum absolute atomic E-state index is 0.0762. The van der Waals surface area contributed by atoms with Crippen molar-refractivity contribution >= 4 is 17.7 Å². The van der Waals surface area contributed by atoms with Gasteiger partial charge in [-0.2, -0.15) is 0 Å². The van der Waals surface area contributed by atoms with E-state index in [9.17, 15) is 14.4 Å². The van der Waals surface area contributed by atoms with Crippen LogP contribution in [-0.2, 0) is 14.4 Å². The number of carboxylic acids is 1. The molecule has 5 heteroatoms. The van der Waals surface area contributed by atoms with Crippen molar-refractivity contribution < 1.29 is 19.5 Å². The number of carbonyl (C=O) groups is 3. The third-order valence-electron chi connectivity index (χ3n) is 2.37. The van der Waals surface area contributed by atoms with Crippen molar-refractivity contribution in [3.63, 3.8) is 0 Å². The molecular formula is C12H21NO4. The fraction of sp³-hybridized carbons (Fsp3) is 0.750. The highest BCUT2D eigenvalue weighted by molar-refractivity contribution is 5.84. The first-order valence-electron chi connectivity index (χ1n) is 5.84. The zero-order valence-electron chi connectivity index (χ0n) is 10.7. The van der Waals surface area contributed by atoms with Gasteiger partial charge in [0.05, 0.1) is 0 Å². The number of rotatable bonds is 8. The van der Waals surface area contributed by atoms with Gasteiger partial charge in [-0.15, -0.1) is 0 Å². The maximum atomic E-state index is 11.4. The average molecular weight is 243 g/mol. The van der Waals surface area contributed by atoms with E-state index in [-0.39, 0.29) is 24.5 Å². The van der Waals surface area contributed by atoms with Gasteiger partial charge in [0.15, 0.2) is 0 Å². The zero-order valence-corrected chi connectivity index (χ0v) is 10.7. The highest BCUT2D eigenvalue weighted by Gasteiger charge is 2.19. The predicted octanol–water partition coefficient (Wildman–Crippen LogP) is 1.36. The molecule has 0 aromatic rings. The van der Waals surface area contributed by atoms with E-state index in [1.54, 1.807) is 0 Å². The summed E-state index contributed by atoms with van der Waals surface area (Å²) >= 11 is 0. The minimum atomic E-state index is -1.09. The molecule has 0 fully saturated rings. The minimum Gasteiger partial charge on any atom is -0.480 e. The van der Waals surface area contributed by atoms with E-state index in [1.165, 1.54) is 6.92 Å². The van der Waals surface area contributed by atoms with E-state index in [2.05, 4.69) is 5.32 Å². The summed E-state index contributed by atoms with van der Waals surface area (Å²) in [6, 6.07) is -0.960. The molecule has 17 heavy (non-hydrogen) atoms. The molecule has 0 aliphatic heterocycles. The number of nitrogens with one attached hydrogen (secondary N) is 1. The lowest BCUT2D eigenvalue weighted by Gasteiger charge is -2.14. The zero-order chi connectivity index (χ0) is 13.4. The molecule has 1 atom stereocenters. The van der Waals surface area contributed by atoms with E-state index in [1.807, 2.05) is 13.8 Å². The van der Waals surface area contributed by atoms with Crippen LogP contribution in [0.5, 0.6) is 0 Å². The number of amides is 1. The fourth-order valence-corrected chi connectivity index (χ4v) is 1.29. The van der Waals surface area contributed by atoms with E-state index >= 15 is 0 Å². The van der Waals surface area contributed by atoms with Crippen LogP contribution in [0, 0.1) is 5.92 Å². The number of carboxylic acid groups (broad SMARTS) is 1. The number of carbonyl (C=O) groups excluding carboxylic acids is 2. The Kier molecular flexibility index (Phi) is 7.18. The first-order valence-corrected chi connectivity index (χ1v) is 5.84. The lowest BCUT2D eigenvalue weighted by Crippen LogP contribution is -2.41. The summed E-state index contributed by atoms with van der Waals surface area (Å²) < 4.78 is 0.